The van der Waals surface area contributed by atoms with Crippen molar-refractivity contribution >= 4 is 5.69 Å². The monoisotopic (exact) mass is 230 g/mol. The molecule has 1 atom stereocenters. The Hall–Kier alpha value is -1.69. The van der Waals surface area contributed by atoms with Crippen LogP contribution in [-0.2, 0) is 0 Å². The number of hydrogen-bond acceptors (Lipinski definition) is 3. The molecule has 1 aromatic rings. The van der Waals surface area contributed by atoms with Crippen molar-refractivity contribution in [3.8, 4) is 11.8 Å². The minimum atomic E-state index is -0.410. The summed E-state index contributed by atoms with van der Waals surface area (Å²) in [5, 5.41) is 12.8. The maximum Gasteiger partial charge on any atom is 0.127 e. The van der Waals surface area contributed by atoms with Crippen molar-refractivity contribution < 1.29 is 4.74 Å². The SMILES string of the molecule is CCC(C#N)(Nc1cccc(OC)c1)C1CC1. The molecule has 1 N–H and O–H groups in total. The molecule has 3 heteroatoms. The first-order chi connectivity index (χ1) is 8.24. The Bertz CT molecular complexity index is 434. The fourth-order valence-electron chi connectivity index (χ4n) is 2.21. The van der Waals surface area contributed by atoms with E-state index in [9.17, 15) is 5.26 Å². The topological polar surface area (TPSA) is 45.0 Å². The molecule has 0 heterocycles. The third-order valence-electron chi connectivity index (χ3n) is 3.47. The highest BCUT2D eigenvalue weighted by Crippen LogP contribution is 2.43. The van der Waals surface area contributed by atoms with E-state index in [-0.39, 0.29) is 0 Å². The number of benzene rings is 1. The summed E-state index contributed by atoms with van der Waals surface area (Å²) in [6.45, 7) is 2.06. The zero-order valence-electron chi connectivity index (χ0n) is 10.4. The Morgan fingerprint density at radius 2 is 2.29 bits per heavy atom. The van der Waals surface area contributed by atoms with Gasteiger partial charge in [0.05, 0.1) is 13.2 Å². The van der Waals surface area contributed by atoms with Crippen molar-refractivity contribution in [3.63, 3.8) is 0 Å². The molecule has 0 aliphatic heterocycles. The summed E-state index contributed by atoms with van der Waals surface area (Å²) in [4.78, 5) is 0. The van der Waals surface area contributed by atoms with Crippen LogP contribution in [0.15, 0.2) is 24.3 Å². The van der Waals surface area contributed by atoms with E-state index in [1.165, 1.54) is 0 Å². The first-order valence-electron chi connectivity index (χ1n) is 6.07. The van der Waals surface area contributed by atoms with Crippen LogP contribution in [0.25, 0.3) is 0 Å². The van der Waals surface area contributed by atoms with Crippen LogP contribution < -0.4 is 10.1 Å². The summed E-state index contributed by atoms with van der Waals surface area (Å²) in [6, 6.07) is 10.2. The van der Waals surface area contributed by atoms with Gasteiger partial charge >= 0.3 is 0 Å². The molecule has 0 saturated heterocycles. The maximum absolute atomic E-state index is 9.43. The summed E-state index contributed by atoms with van der Waals surface area (Å²) in [7, 11) is 1.65. The second kappa shape index (κ2) is 4.67. The van der Waals surface area contributed by atoms with E-state index in [4.69, 9.17) is 4.74 Å². The van der Waals surface area contributed by atoms with Crippen molar-refractivity contribution in [1.29, 1.82) is 5.26 Å². The van der Waals surface area contributed by atoms with Crippen LogP contribution in [0.1, 0.15) is 26.2 Å². The summed E-state index contributed by atoms with van der Waals surface area (Å²) in [5.74, 6) is 1.30. The summed E-state index contributed by atoms with van der Waals surface area (Å²) >= 11 is 0. The fraction of sp³-hybridized carbons (Fsp3) is 0.500. The van der Waals surface area contributed by atoms with E-state index >= 15 is 0 Å². The molecule has 1 saturated carbocycles. The maximum atomic E-state index is 9.43. The molecule has 0 aromatic heterocycles. The molecule has 0 radical (unpaired) electrons. The van der Waals surface area contributed by atoms with Gasteiger partial charge < -0.3 is 10.1 Å². The number of methoxy groups -OCH3 is 1. The molecule has 3 nitrogen and oxygen atoms in total. The zero-order valence-corrected chi connectivity index (χ0v) is 10.4. The number of nitriles is 1. The lowest BCUT2D eigenvalue weighted by Crippen LogP contribution is -2.38. The van der Waals surface area contributed by atoms with Gasteiger partial charge in [-0.05, 0) is 37.3 Å². The van der Waals surface area contributed by atoms with Crippen molar-refractivity contribution in [3.05, 3.63) is 24.3 Å². The van der Waals surface area contributed by atoms with Crippen LogP contribution in [0, 0.1) is 17.2 Å². The predicted molar refractivity (Wildman–Crippen MR) is 68.0 cm³/mol. The molecule has 0 spiro atoms. The van der Waals surface area contributed by atoms with Gasteiger partial charge in [-0.1, -0.05) is 13.0 Å². The van der Waals surface area contributed by atoms with Gasteiger partial charge in [-0.25, -0.2) is 0 Å². The highest BCUT2D eigenvalue weighted by atomic mass is 16.5. The molecule has 1 aliphatic rings. The standard InChI is InChI=1S/C14H18N2O/c1-3-14(10-15,11-7-8-11)16-12-5-4-6-13(9-12)17-2/h4-6,9,11,16H,3,7-8H2,1-2H3. The Balaban J connectivity index is 2.20. The van der Waals surface area contributed by atoms with Gasteiger partial charge in [-0.15, -0.1) is 0 Å². The molecular weight excluding hydrogens is 212 g/mol. The van der Waals surface area contributed by atoms with Gasteiger partial charge in [-0.3, -0.25) is 0 Å². The van der Waals surface area contributed by atoms with Crippen LogP contribution in [-0.4, -0.2) is 12.6 Å². The van der Waals surface area contributed by atoms with Crippen LogP contribution in [0.4, 0.5) is 5.69 Å². The smallest absolute Gasteiger partial charge is 0.127 e. The second-order valence-corrected chi connectivity index (χ2v) is 4.57. The third kappa shape index (κ3) is 2.36. The summed E-state index contributed by atoms with van der Waals surface area (Å²) < 4.78 is 5.19. The number of nitrogens with zero attached hydrogens (tertiary/aromatic N) is 1. The molecule has 0 amide bonds. The first kappa shape index (κ1) is 11.8. The quantitative estimate of drug-likeness (QED) is 0.844. The molecule has 0 bridgehead atoms. The number of rotatable bonds is 5. The van der Waals surface area contributed by atoms with E-state index < -0.39 is 5.54 Å². The molecular formula is C14H18N2O. The Morgan fingerprint density at radius 1 is 1.53 bits per heavy atom. The Morgan fingerprint density at radius 3 is 2.82 bits per heavy atom. The average Bonchev–Trinajstić information content (AvgIpc) is 3.21. The molecule has 17 heavy (non-hydrogen) atoms. The van der Waals surface area contributed by atoms with Crippen molar-refractivity contribution in [2.24, 2.45) is 5.92 Å². The van der Waals surface area contributed by atoms with Crippen LogP contribution in [0.3, 0.4) is 0 Å². The van der Waals surface area contributed by atoms with Gasteiger partial charge in [0.15, 0.2) is 0 Å². The van der Waals surface area contributed by atoms with E-state index in [0.29, 0.717) is 5.92 Å². The van der Waals surface area contributed by atoms with Gasteiger partial charge in [0.1, 0.15) is 11.3 Å². The largest absolute Gasteiger partial charge is 0.497 e. The van der Waals surface area contributed by atoms with E-state index in [2.05, 4.69) is 18.3 Å². The van der Waals surface area contributed by atoms with Gasteiger partial charge in [0.25, 0.3) is 0 Å². The minimum absolute atomic E-state index is 0.410. The average molecular weight is 230 g/mol. The normalized spacial score (nSPS) is 17.9. The number of hydrogen-bond donors (Lipinski definition) is 1. The predicted octanol–water partition coefficient (Wildman–Crippen LogP) is 3.19. The zero-order chi connectivity index (χ0) is 12.3. The van der Waals surface area contributed by atoms with Gasteiger partial charge in [0.2, 0.25) is 0 Å². The number of ether oxygens (including phenoxy) is 1. The number of nitrogens with one attached hydrogen (secondary N) is 1. The summed E-state index contributed by atoms with van der Waals surface area (Å²) in [5.41, 5.74) is 0.548. The van der Waals surface area contributed by atoms with Crippen LogP contribution >= 0.6 is 0 Å². The number of anilines is 1. The van der Waals surface area contributed by atoms with Gasteiger partial charge in [0, 0.05) is 11.8 Å². The van der Waals surface area contributed by atoms with E-state index in [1.54, 1.807) is 7.11 Å². The lowest BCUT2D eigenvalue weighted by Gasteiger charge is -2.27. The Kier molecular flexibility index (Phi) is 3.23. The van der Waals surface area contributed by atoms with Crippen LogP contribution in [0.5, 0.6) is 5.75 Å². The molecule has 1 aromatic carbocycles. The van der Waals surface area contributed by atoms with Crippen LogP contribution in [0.2, 0.25) is 0 Å². The lowest BCUT2D eigenvalue weighted by molar-refractivity contribution is 0.414. The molecule has 90 valence electrons. The molecule has 1 fully saturated rings. The van der Waals surface area contributed by atoms with Crippen molar-refractivity contribution in [2.75, 3.05) is 12.4 Å². The van der Waals surface area contributed by atoms with Gasteiger partial charge in [-0.2, -0.15) is 5.26 Å². The van der Waals surface area contributed by atoms with Crippen molar-refractivity contribution in [1.82, 2.24) is 0 Å². The first-order valence-corrected chi connectivity index (χ1v) is 6.07. The molecule has 1 aliphatic carbocycles. The second-order valence-electron chi connectivity index (χ2n) is 4.57. The Labute approximate surface area is 102 Å². The fourth-order valence-corrected chi connectivity index (χ4v) is 2.21. The lowest BCUT2D eigenvalue weighted by atomic mass is 9.91. The third-order valence-corrected chi connectivity index (χ3v) is 3.47. The highest BCUT2D eigenvalue weighted by molar-refractivity contribution is 5.52. The summed E-state index contributed by atoms with van der Waals surface area (Å²) in [6.07, 6.45) is 3.13. The van der Waals surface area contributed by atoms with Crippen molar-refractivity contribution in [2.45, 2.75) is 31.7 Å². The molecule has 2 rings (SSSR count). The molecule has 1 unspecified atom stereocenters. The minimum Gasteiger partial charge on any atom is -0.497 e. The van der Waals surface area contributed by atoms with E-state index in [0.717, 1.165) is 30.7 Å². The van der Waals surface area contributed by atoms with E-state index in [1.807, 2.05) is 24.3 Å². The highest BCUT2D eigenvalue weighted by Gasteiger charge is 2.44.